The number of carbonyl (C=O) groups is 1. The SMILES string of the molecule is O=C(O)N1CCN(S(=O)(=O)CCCCl)CC1. The lowest BCUT2D eigenvalue weighted by Crippen LogP contribution is -2.50. The Bertz CT molecular complexity index is 338. The van der Waals surface area contributed by atoms with Crippen molar-refractivity contribution in [1.82, 2.24) is 9.21 Å². The van der Waals surface area contributed by atoms with Crippen molar-refractivity contribution < 1.29 is 18.3 Å². The average Bonchev–Trinajstić information content (AvgIpc) is 2.26. The Balaban J connectivity index is 2.50. The van der Waals surface area contributed by atoms with Gasteiger partial charge in [-0.3, -0.25) is 0 Å². The molecule has 0 aromatic carbocycles. The van der Waals surface area contributed by atoms with E-state index in [1.165, 1.54) is 9.21 Å². The summed E-state index contributed by atoms with van der Waals surface area (Å²) in [6.45, 7) is 0.929. The van der Waals surface area contributed by atoms with Gasteiger partial charge in [0.1, 0.15) is 0 Å². The molecule has 1 fully saturated rings. The lowest BCUT2D eigenvalue weighted by atomic mass is 10.4. The van der Waals surface area contributed by atoms with Gasteiger partial charge in [0, 0.05) is 32.1 Å². The van der Waals surface area contributed by atoms with Gasteiger partial charge < -0.3 is 10.0 Å². The highest BCUT2D eigenvalue weighted by Gasteiger charge is 2.27. The number of amides is 1. The summed E-state index contributed by atoms with van der Waals surface area (Å²) in [5, 5.41) is 8.71. The first-order valence-electron chi connectivity index (χ1n) is 4.99. The predicted molar refractivity (Wildman–Crippen MR) is 60.3 cm³/mol. The van der Waals surface area contributed by atoms with Gasteiger partial charge in [0.2, 0.25) is 10.0 Å². The van der Waals surface area contributed by atoms with Crippen molar-refractivity contribution in [2.24, 2.45) is 0 Å². The maximum absolute atomic E-state index is 11.7. The zero-order chi connectivity index (χ0) is 12.2. The molecule has 1 saturated heterocycles. The third kappa shape index (κ3) is 3.50. The van der Waals surface area contributed by atoms with Crippen molar-refractivity contribution in [3.05, 3.63) is 0 Å². The maximum atomic E-state index is 11.7. The van der Waals surface area contributed by atoms with Crippen molar-refractivity contribution in [3.8, 4) is 0 Å². The van der Waals surface area contributed by atoms with E-state index in [1.807, 2.05) is 0 Å². The summed E-state index contributed by atoms with van der Waals surface area (Å²) in [4.78, 5) is 11.8. The summed E-state index contributed by atoms with van der Waals surface area (Å²) in [6.07, 6.45) is -0.582. The molecule has 0 saturated carbocycles. The topological polar surface area (TPSA) is 77.9 Å². The number of sulfonamides is 1. The summed E-state index contributed by atoms with van der Waals surface area (Å²) < 4.78 is 24.8. The highest BCUT2D eigenvalue weighted by Crippen LogP contribution is 2.09. The molecule has 1 amide bonds. The van der Waals surface area contributed by atoms with Crippen LogP contribution in [0.2, 0.25) is 0 Å². The Morgan fingerprint density at radius 2 is 1.81 bits per heavy atom. The number of alkyl halides is 1. The third-order valence-corrected chi connectivity index (χ3v) is 4.66. The van der Waals surface area contributed by atoms with Crippen LogP contribution in [-0.2, 0) is 10.0 Å². The van der Waals surface area contributed by atoms with Gasteiger partial charge in [0.15, 0.2) is 0 Å². The molecular formula is C8H15ClN2O4S. The van der Waals surface area contributed by atoms with Crippen LogP contribution in [0, 0.1) is 0 Å². The van der Waals surface area contributed by atoms with Crippen LogP contribution < -0.4 is 0 Å². The molecule has 1 heterocycles. The first-order chi connectivity index (χ1) is 7.47. The minimum atomic E-state index is -3.27. The summed E-state index contributed by atoms with van der Waals surface area (Å²) in [6, 6.07) is 0. The molecule has 8 heteroatoms. The van der Waals surface area contributed by atoms with E-state index >= 15 is 0 Å². The Hall–Kier alpha value is -0.530. The number of nitrogens with zero attached hydrogens (tertiary/aromatic N) is 2. The van der Waals surface area contributed by atoms with Gasteiger partial charge in [-0.05, 0) is 6.42 Å². The highest BCUT2D eigenvalue weighted by molar-refractivity contribution is 7.89. The molecular weight excluding hydrogens is 256 g/mol. The molecule has 1 aliphatic heterocycles. The average molecular weight is 271 g/mol. The van der Waals surface area contributed by atoms with E-state index in [0.29, 0.717) is 12.3 Å². The molecule has 94 valence electrons. The van der Waals surface area contributed by atoms with E-state index < -0.39 is 16.1 Å². The van der Waals surface area contributed by atoms with Crippen LogP contribution in [0.5, 0.6) is 0 Å². The van der Waals surface area contributed by atoms with Gasteiger partial charge in [-0.15, -0.1) is 11.6 Å². The number of halogens is 1. The van der Waals surface area contributed by atoms with Crippen molar-refractivity contribution in [3.63, 3.8) is 0 Å². The quantitative estimate of drug-likeness (QED) is 0.743. The summed E-state index contributed by atoms with van der Waals surface area (Å²) in [7, 11) is -3.27. The normalized spacial score (nSPS) is 18.7. The Morgan fingerprint density at radius 1 is 1.25 bits per heavy atom. The van der Waals surface area contributed by atoms with Gasteiger partial charge in [-0.25, -0.2) is 13.2 Å². The van der Waals surface area contributed by atoms with Crippen molar-refractivity contribution >= 4 is 27.7 Å². The van der Waals surface area contributed by atoms with Crippen LogP contribution >= 0.6 is 11.6 Å². The molecule has 0 unspecified atom stereocenters. The Kier molecular flexibility index (Phi) is 4.82. The van der Waals surface area contributed by atoms with Crippen molar-refractivity contribution in [2.75, 3.05) is 37.8 Å². The van der Waals surface area contributed by atoms with Crippen molar-refractivity contribution in [1.29, 1.82) is 0 Å². The maximum Gasteiger partial charge on any atom is 0.407 e. The second-order valence-corrected chi connectivity index (χ2v) is 5.99. The fourth-order valence-corrected chi connectivity index (χ4v) is 3.30. The number of piperazine rings is 1. The lowest BCUT2D eigenvalue weighted by Gasteiger charge is -2.32. The standard InChI is InChI=1S/C8H15ClN2O4S/c9-2-1-7-16(14,15)11-5-3-10(4-6-11)8(12)13/h1-7H2,(H,12,13). The van der Waals surface area contributed by atoms with E-state index in [0.717, 1.165) is 0 Å². The van der Waals surface area contributed by atoms with Crippen LogP contribution in [0.4, 0.5) is 4.79 Å². The molecule has 0 atom stereocenters. The molecule has 1 N–H and O–H groups in total. The fourth-order valence-electron chi connectivity index (χ4n) is 1.52. The second kappa shape index (κ2) is 5.70. The number of rotatable bonds is 4. The second-order valence-electron chi connectivity index (χ2n) is 3.53. The first kappa shape index (κ1) is 13.5. The summed E-state index contributed by atoms with van der Waals surface area (Å²) in [5.74, 6) is 0.345. The van der Waals surface area contributed by atoms with Gasteiger partial charge in [0.05, 0.1) is 5.75 Å². The predicted octanol–water partition coefficient (Wildman–Crippen LogP) is 0.241. The van der Waals surface area contributed by atoms with E-state index in [-0.39, 0.29) is 31.9 Å². The van der Waals surface area contributed by atoms with Gasteiger partial charge in [-0.1, -0.05) is 0 Å². The zero-order valence-electron chi connectivity index (χ0n) is 8.80. The van der Waals surface area contributed by atoms with E-state index in [1.54, 1.807) is 0 Å². The van der Waals surface area contributed by atoms with Gasteiger partial charge in [-0.2, -0.15) is 4.31 Å². The largest absolute Gasteiger partial charge is 0.465 e. The molecule has 1 rings (SSSR count). The van der Waals surface area contributed by atoms with E-state index in [9.17, 15) is 13.2 Å². The minimum Gasteiger partial charge on any atom is -0.465 e. The third-order valence-electron chi connectivity index (χ3n) is 2.44. The van der Waals surface area contributed by atoms with E-state index in [4.69, 9.17) is 16.7 Å². The molecule has 0 aromatic rings. The number of carboxylic acid groups (broad SMARTS) is 1. The van der Waals surface area contributed by atoms with Crippen molar-refractivity contribution in [2.45, 2.75) is 6.42 Å². The molecule has 16 heavy (non-hydrogen) atoms. The van der Waals surface area contributed by atoms with Crippen LogP contribution in [0.15, 0.2) is 0 Å². The molecule has 0 spiro atoms. The van der Waals surface area contributed by atoms with Crippen LogP contribution in [-0.4, -0.2) is 66.6 Å². The highest BCUT2D eigenvalue weighted by atomic mass is 35.5. The Morgan fingerprint density at radius 3 is 2.25 bits per heavy atom. The number of hydrogen-bond acceptors (Lipinski definition) is 3. The lowest BCUT2D eigenvalue weighted by molar-refractivity contribution is 0.126. The molecule has 0 aliphatic carbocycles. The molecule has 6 nitrogen and oxygen atoms in total. The number of hydrogen-bond donors (Lipinski definition) is 1. The molecule has 0 bridgehead atoms. The smallest absolute Gasteiger partial charge is 0.407 e. The first-order valence-corrected chi connectivity index (χ1v) is 7.13. The fraction of sp³-hybridized carbons (Fsp3) is 0.875. The monoisotopic (exact) mass is 270 g/mol. The molecule has 0 radical (unpaired) electrons. The summed E-state index contributed by atoms with van der Waals surface area (Å²) in [5.41, 5.74) is 0. The zero-order valence-corrected chi connectivity index (χ0v) is 10.4. The molecule has 1 aliphatic rings. The van der Waals surface area contributed by atoms with Gasteiger partial charge in [0.25, 0.3) is 0 Å². The minimum absolute atomic E-state index is 0.0313. The van der Waals surface area contributed by atoms with Crippen LogP contribution in [0.3, 0.4) is 0 Å². The molecule has 0 aromatic heterocycles. The summed E-state index contributed by atoms with van der Waals surface area (Å²) >= 11 is 5.44. The van der Waals surface area contributed by atoms with Crippen LogP contribution in [0.25, 0.3) is 0 Å². The van der Waals surface area contributed by atoms with E-state index in [2.05, 4.69) is 0 Å². The van der Waals surface area contributed by atoms with Gasteiger partial charge >= 0.3 is 6.09 Å². The Labute approximate surface area is 99.8 Å². The van der Waals surface area contributed by atoms with Crippen LogP contribution in [0.1, 0.15) is 6.42 Å².